The lowest BCUT2D eigenvalue weighted by atomic mass is 9.99. The van der Waals surface area contributed by atoms with Crippen LogP contribution < -0.4 is 10.9 Å². The molecule has 2 heterocycles. The zero-order chi connectivity index (χ0) is 31.5. The van der Waals surface area contributed by atoms with Gasteiger partial charge in [-0.25, -0.2) is 22.9 Å². The molecule has 0 aliphatic carbocycles. The first-order chi connectivity index (χ1) is 20.3. The summed E-state index contributed by atoms with van der Waals surface area (Å²) in [5.41, 5.74) is -1.68. The molecule has 43 heavy (non-hydrogen) atoms. The summed E-state index contributed by atoms with van der Waals surface area (Å²) in [6, 6.07) is 8.39. The second kappa shape index (κ2) is 12.9. The molecule has 0 radical (unpaired) electrons. The number of carbonyl (C=O) groups is 1. The first-order valence-electron chi connectivity index (χ1n) is 14.2. The van der Waals surface area contributed by atoms with Crippen molar-refractivity contribution in [3.8, 4) is 16.9 Å². The molecule has 4 rings (SSSR count). The van der Waals surface area contributed by atoms with Crippen molar-refractivity contribution >= 4 is 23.0 Å². The van der Waals surface area contributed by atoms with Gasteiger partial charge in [-0.05, 0) is 89.6 Å². The highest BCUT2D eigenvalue weighted by Crippen LogP contribution is 2.33. The van der Waals surface area contributed by atoms with Crippen LogP contribution in [0.15, 0.2) is 47.3 Å². The topological polar surface area (TPSA) is 89.4 Å². The van der Waals surface area contributed by atoms with E-state index in [1.165, 1.54) is 25.1 Å². The van der Waals surface area contributed by atoms with Crippen LogP contribution in [0.1, 0.15) is 57.0 Å². The number of esters is 1. The van der Waals surface area contributed by atoms with Crippen LogP contribution in [-0.2, 0) is 4.74 Å². The fourth-order valence-corrected chi connectivity index (χ4v) is 4.74. The Morgan fingerprint density at radius 2 is 1.67 bits per heavy atom. The predicted octanol–water partition coefficient (Wildman–Crippen LogP) is 6.27. The molecule has 4 aromatic rings. The number of hydrogen-bond donors (Lipinski definition) is 1. The summed E-state index contributed by atoms with van der Waals surface area (Å²) < 4.78 is 51.6. The van der Waals surface area contributed by atoms with Gasteiger partial charge < -0.3 is 15.0 Å². The lowest BCUT2D eigenvalue weighted by molar-refractivity contribution is 0.00690. The third kappa shape index (κ3) is 7.05. The molecule has 0 saturated heterocycles. The molecule has 8 nitrogen and oxygen atoms in total. The minimum Gasteiger partial charge on any atom is -0.456 e. The van der Waals surface area contributed by atoms with E-state index in [0.717, 1.165) is 54.9 Å². The average Bonchev–Trinajstić information content (AvgIpc) is 2.94. The minimum absolute atomic E-state index is 0.0398. The smallest absolute Gasteiger partial charge is 0.338 e. The second-order valence-corrected chi connectivity index (χ2v) is 11.2. The highest BCUT2D eigenvalue weighted by molar-refractivity contribution is 5.96. The maximum Gasteiger partial charge on any atom is 0.338 e. The van der Waals surface area contributed by atoms with E-state index < -0.39 is 40.3 Å². The quantitative estimate of drug-likeness (QED) is 0.171. The van der Waals surface area contributed by atoms with Crippen LogP contribution in [0.2, 0.25) is 0 Å². The number of ether oxygens (including phenoxy) is 1. The summed E-state index contributed by atoms with van der Waals surface area (Å²) in [7, 11) is 0. The lowest BCUT2D eigenvalue weighted by Crippen LogP contribution is -2.25. The van der Waals surface area contributed by atoms with Gasteiger partial charge in [-0.3, -0.25) is 9.36 Å². The summed E-state index contributed by atoms with van der Waals surface area (Å²) in [6.45, 7) is 13.8. The van der Waals surface area contributed by atoms with Gasteiger partial charge in [0.2, 0.25) is 5.95 Å². The Kier molecular flexibility index (Phi) is 9.54. The van der Waals surface area contributed by atoms with Crippen LogP contribution in [-0.4, -0.2) is 57.2 Å². The molecule has 0 aliphatic rings. The highest BCUT2D eigenvalue weighted by Gasteiger charge is 2.24. The van der Waals surface area contributed by atoms with Crippen molar-refractivity contribution in [3.05, 3.63) is 81.4 Å². The monoisotopic (exact) mass is 595 g/mol. The van der Waals surface area contributed by atoms with Gasteiger partial charge >= 0.3 is 5.97 Å². The van der Waals surface area contributed by atoms with Crippen LogP contribution in [0.25, 0.3) is 28.0 Å². The number of nitrogens with zero attached hydrogens (tertiary/aromatic N) is 4. The number of fused-ring (bicyclic) bond motifs is 1. The standard InChI is InChI=1S/C32H36F3N5O3/c1-7-39(8-2)16-10-15-36-31-37-27(22-17-20(18-25(35)19(22)3)30(42)43-32(4,5)6)21-13-14-26(41)40(29(21)38-31)28-23(33)11-9-12-24(28)34/h9,11-14,17-18H,7-8,10,15-16H2,1-6H3,(H,36,37,38). The molecule has 0 unspecified atom stereocenters. The number of anilines is 1. The van der Waals surface area contributed by atoms with E-state index in [9.17, 15) is 18.4 Å². The number of pyridine rings is 1. The Labute approximate surface area is 248 Å². The van der Waals surface area contributed by atoms with Gasteiger partial charge in [0.05, 0.1) is 11.3 Å². The Balaban J connectivity index is 1.95. The van der Waals surface area contributed by atoms with E-state index in [1.54, 1.807) is 20.8 Å². The molecular weight excluding hydrogens is 559 g/mol. The Hall–Kier alpha value is -4.25. The van der Waals surface area contributed by atoms with Crippen molar-refractivity contribution < 1.29 is 22.7 Å². The number of aromatic nitrogens is 3. The number of halogens is 3. The molecule has 0 atom stereocenters. The summed E-state index contributed by atoms with van der Waals surface area (Å²) >= 11 is 0. The summed E-state index contributed by atoms with van der Waals surface area (Å²) in [4.78, 5) is 37.4. The zero-order valence-electron chi connectivity index (χ0n) is 25.2. The molecule has 2 aromatic carbocycles. The van der Waals surface area contributed by atoms with Crippen molar-refractivity contribution in [3.63, 3.8) is 0 Å². The van der Waals surface area contributed by atoms with E-state index in [1.807, 2.05) is 0 Å². The molecular formula is C32H36F3N5O3. The Morgan fingerprint density at radius 3 is 2.30 bits per heavy atom. The first kappa shape index (κ1) is 31.7. The van der Waals surface area contributed by atoms with E-state index in [2.05, 4.69) is 34.0 Å². The third-order valence-electron chi connectivity index (χ3n) is 6.97. The van der Waals surface area contributed by atoms with E-state index in [0.29, 0.717) is 6.54 Å². The number of carbonyl (C=O) groups excluding carboxylic acids is 1. The van der Waals surface area contributed by atoms with E-state index in [4.69, 9.17) is 4.74 Å². The van der Waals surface area contributed by atoms with Crippen LogP contribution in [0.4, 0.5) is 19.1 Å². The van der Waals surface area contributed by atoms with Crippen LogP contribution >= 0.6 is 0 Å². The summed E-state index contributed by atoms with van der Waals surface area (Å²) in [5, 5.41) is 3.37. The Morgan fingerprint density at radius 1 is 1.00 bits per heavy atom. The van der Waals surface area contributed by atoms with Crippen molar-refractivity contribution in [1.29, 1.82) is 0 Å². The van der Waals surface area contributed by atoms with Gasteiger partial charge in [-0.2, -0.15) is 4.98 Å². The number of hydrogen-bond acceptors (Lipinski definition) is 7. The van der Waals surface area contributed by atoms with Crippen molar-refractivity contribution in [2.45, 2.75) is 53.6 Å². The lowest BCUT2D eigenvalue weighted by Gasteiger charge is -2.20. The second-order valence-electron chi connectivity index (χ2n) is 11.2. The molecule has 1 N–H and O–H groups in total. The van der Waals surface area contributed by atoms with Crippen molar-refractivity contribution in [1.82, 2.24) is 19.4 Å². The minimum atomic E-state index is -0.961. The molecule has 0 aliphatic heterocycles. The van der Waals surface area contributed by atoms with Crippen molar-refractivity contribution in [2.24, 2.45) is 0 Å². The third-order valence-corrected chi connectivity index (χ3v) is 6.97. The van der Waals surface area contributed by atoms with E-state index in [-0.39, 0.29) is 39.4 Å². The van der Waals surface area contributed by atoms with Gasteiger partial charge in [-0.15, -0.1) is 0 Å². The first-order valence-corrected chi connectivity index (χ1v) is 14.2. The normalized spacial score (nSPS) is 11.8. The maximum atomic E-state index is 15.3. The highest BCUT2D eigenvalue weighted by atomic mass is 19.1. The van der Waals surface area contributed by atoms with Crippen LogP contribution in [0.5, 0.6) is 0 Å². The van der Waals surface area contributed by atoms with Gasteiger partial charge in [0.15, 0.2) is 5.65 Å². The summed E-state index contributed by atoms with van der Waals surface area (Å²) in [5.74, 6) is -3.26. The molecule has 2 aromatic heterocycles. The molecule has 11 heteroatoms. The molecule has 0 saturated carbocycles. The molecule has 0 spiro atoms. The van der Waals surface area contributed by atoms with Crippen LogP contribution in [0, 0.1) is 24.4 Å². The van der Waals surface area contributed by atoms with Crippen molar-refractivity contribution in [2.75, 3.05) is 31.5 Å². The van der Waals surface area contributed by atoms with E-state index >= 15 is 4.39 Å². The Bertz CT molecular complexity index is 1690. The van der Waals surface area contributed by atoms with Gasteiger partial charge in [-0.1, -0.05) is 19.9 Å². The van der Waals surface area contributed by atoms with Crippen LogP contribution in [0.3, 0.4) is 0 Å². The number of nitrogens with one attached hydrogen (secondary N) is 1. The van der Waals surface area contributed by atoms with Gasteiger partial charge in [0.25, 0.3) is 5.56 Å². The molecule has 0 amide bonds. The van der Waals surface area contributed by atoms with Gasteiger partial charge in [0.1, 0.15) is 28.7 Å². The number of rotatable bonds is 10. The van der Waals surface area contributed by atoms with Gasteiger partial charge in [0, 0.05) is 23.6 Å². The SMILES string of the molecule is CCN(CC)CCCNc1nc(-c2cc(C(=O)OC(C)(C)C)cc(F)c2C)c2ccc(=O)n(-c3c(F)cccc3F)c2n1. The maximum absolute atomic E-state index is 15.3. The average molecular weight is 596 g/mol. The molecule has 0 bridgehead atoms. The number of benzene rings is 2. The fourth-order valence-electron chi connectivity index (χ4n) is 4.74. The zero-order valence-corrected chi connectivity index (χ0v) is 25.2. The fraction of sp³-hybridized carbons (Fsp3) is 0.375. The largest absolute Gasteiger partial charge is 0.456 e. The summed E-state index contributed by atoms with van der Waals surface area (Å²) in [6.07, 6.45) is 0.740. The molecule has 0 fully saturated rings. The predicted molar refractivity (Wildman–Crippen MR) is 161 cm³/mol. The molecule has 228 valence electrons. The number of para-hydroxylation sites is 1.